The highest BCUT2D eigenvalue weighted by molar-refractivity contribution is 5.74. The number of imidazole rings is 1. The van der Waals surface area contributed by atoms with Crippen LogP contribution in [0.3, 0.4) is 0 Å². The van der Waals surface area contributed by atoms with Crippen LogP contribution in [0.5, 0.6) is 0 Å². The fourth-order valence-corrected chi connectivity index (χ4v) is 3.26. The standard InChI is InChI=1S/C15H21N3/c1-16-13-7-4-5-12(13)9-10-18-11-17-14-6-2-3-8-15(14)18/h2-3,6,8,11-13,16H,4-5,7,9-10H2,1H3. The summed E-state index contributed by atoms with van der Waals surface area (Å²) < 4.78 is 2.29. The zero-order valence-electron chi connectivity index (χ0n) is 11.0. The van der Waals surface area contributed by atoms with Gasteiger partial charge in [-0.15, -0.1) is 0 Å². The van der Waals surface area contributed by atoms with Crippen molar-refractivity contribution in [3.8, 4) is 0 Å². The number of rotatable bonds is 4. The molecule has 3 heteroatoms. The predicted molar refractivity (Wildman–Crippen MR) is 74.5 cm³/mol. The third kappa shape index (κ3) is 2.15. The molecule has 96 valence electrons. The van der Waals surface area contributed by atoms with Crippen LogP contribution in [0.1, 0.15) is 25.7 Å². The summed E-state index contributed by atoms with van der Waals surface area (Å²) in [6, 6.07) is 9.10. The molecular formula is C15H21N3. The highest BCUT2D eigenvalue weighted by Gasteiger charge is 2.25. The molecule has 2 atom stereocenters. The smallest absolute Gasteiger partial charge is 0.0958 e. The van der Waals surface area contributed by atoms with Crippen LogP contribution in [0.4, 0.5) is 0 Å². The average Bonchev–Trinajstić information content (AvgIpc) is 3.02. The van der Waals surface area contributed by atoms with E-state index in [9.17, 15) is 0 Å². The second-order valence-electron chi connectivity index (χ2n) is 5.30. The van der Waals surface area contributed by atoms with Crippen molar-refractivity contribution in [1.82, 2.24) is 14.9 Å². The van der Waals surface area contributed by atoms with Crippen LogP contribution in [0, 0.1) is 5.92 Å². The normalized spacial score (nSPS) is 23.8. The highest BCUT2D eigenvalue weighted by Crippen LogP contribution is 2.29. The van der Waals surface area contributed by atoms with Crippen LogP contribution >= 0.6 is 0 Å². The van der Waals surface area contributed by atoms with Gasteiger partial charge in [-0.3, -0.25) is 0 Å². The van der Waals surface area contributed by atoms with Crippen molar-refractivity contribution in [3.05, 3.63) is 30.6 Å². The zero-order chi connectivity index (χ0) is 12.4. The van der Waals surface area contributed by atoms with Gasteiger partial charge in [-0.2, -0.15) is 0 Å². The lowest BCUT2D eigenvalue weighted by atomic mass is 10.00. The van der Waals surface area contributed by atoms with E-state index in [1.54, 1.807) is 0 Å². The van der Waals surface area contributed by atoms with E-state index in [0.717, 1.165) is 24.0 Å². The number of aromatic nitrogens is 2. The highest BCUT2D eigenvalue weighted by atomic mass is 15.0. The lowest BCUT2D eigenvalue weighted by Gasteiger charge is -2.19. The largest absolute Gasteiger partial charge is 0.331 e. The van der Waals surface area contributed by atoms with Crippen molar-refractivity contribution in [1.29, 1.82) is 0 Å². The molecule has 1 fully saturated rings. The summed E-state index contributed by atoms with van der Waals surface area (Å²) in [7, 11) is 2.09. The van der Waals surface area contributed by atoms with Gasteiger partial charge >= 0.3 is 0 Å². The Morgan fingerprint density at radius 1 is 1.33 bits per heavy atom. The van der Waals surface area contributed by atoms with Gasteiger partial charge in [-0.25, -0.2) is 4.98 Å². The number of para-hydroxylation sites is 2. The molecule has 3 nitrogen and oxygen atoms in total. The van der Waals surface area contributed by atoms with Gasteiger partial charge in [0.15, 0.2) is 0 Å². The van der Waals surface area contributed by atoms with Gasteiger partial charge in [0.2, 0.25) is 0 Å². The minimum atomic E-state index is 0.722. The third-order valence-electron chi connectivity index (χ3n) is 4.30. The van der Waals surface area contributed by atoms with Crippen LogP contribution in [-0.2, 0) is 6.54 Å². The van der Waals surface area contributed by atoms with Gasteiger partial charge in [-0.1, -0.05) is 18.6 Å². The number of aryl methyl sites for hydroxylation is 1. The Kier molecular flexibility index (Phi) is 3.33. The van der Waals surface area contributed by atoms with Gasteiger partial charge in [0.05, 0.1) is 17.4 Å². The lowest BCUT2D eigenvalue weighted by molar-refractivity contribution is 0.380. The monoisotopic (exact) mass is 243 g/mol. The van der Waals surface area contributed by atoms with Crippen LogP contribution in [-0.4, -0.2) is 22.6 Å². The fourth-order valence-electron chi connectivity index (χ4n) is 3.26. The second-order valence-corrected chi connectivity index (χ2v) is 5.30. The Hall–Kier alpha value is -1.35. The average molecular weight is 243 g/mol. The molecule has 18 heavy (non-hydrogen) atoms. The number of nitrogens with zero attached hydrogens (tertiary/aromatic N) is 2. The molecule has 1 heterocycles. The number of fused-ring (bicyclic) bond motifs is 1. The quantitative estimate of drug-likeness (QED) is 0.895. The molecule has 1 aliphatic carbocycles. The summed E-state index contributed by atoms with van der Waals surface area (Å²) in [6.07, 6.45) is 7.32. The number of hydrogen-bond acceptors (Lipinski definition) is 2. The van der Waals surface area contributed by atoms with E-state index < -0.39 is 0 Å². The molecule has 1 aromatic carbocycles. The Balaban J connectivity index is 1.69. The molecule has 2 unspecified atom stereocenters. The molecule has 0 radical (unpaired) electrons. The first-order valence-electron chi connectivity index (χ1n) is 6.95. The maximum Gasteiger partial charge on any atom is 0.0958 e. The van der Waals surface area contributed by atoms with Crippen molar-refractivity contribution >= 4 is 11.0 Å². The van der Waals surface area contributed by atoms with Crippen LogP contribution in [0.25, 0.3) is 11.0 Å². The van der Waals surface area contributed by atoms with Crippen LogP contribution in [0.2, 0.25) is 0 Å². The molecule has 0 bridgehead atoms. The predicted octanol–water partition coefficient (Wildman–Crippen LogP) is 2.81. The molecule has 0 amide bonds. The summed E-state index contributed by atoms with van der Waals surface area (Å²) in [5.41, 5.74) is 2.37. The number of hydrogen-bond donors (Lipinski definition) is 1. The summed E-state index contributed by atoms with van der Waals surface area (Å²) in [5, 5.41) is 3.46. The first kappa shape index (κ1) is 11.7. The molecule has 3 rings (SSSR count). The van der Waals surface area contributed by atoms with E-state index in [4.69, 9.17) is 0 Å². The molecule has 2 aromatic rings. The van der Waals surface area contributed by atoms with Gasteiger partial charge < -0.3 is 9.88 Å². The Morgan fingerprint density at radius 2 is 2.22 bits per heavy atom. The minimum absolute atomic E-state index is 0.722. The molecule has 1 aromatic heterocycles. The van der Waals surface area contributed by atoms with Crippen molar-refractivity contribution in [2.75, 3.05) is 7.05 Å². The van der Waals surface area contributed by atoms with Crippen molar-refractivity contribution in [3.63, 3.8) is 0 Å². The first-order chi connectivity index (χ1) is 8.88. The van der Waals surface area contributed by atoms with Crippen molar-refractivity contribution in [2.45, 2.75) is 38.3 Å². The summed E-state index contributed by atoms with van der Waals surface area (Å²) in [4.78, 5) is 4.45. The number of benzene rings is 1. The molecule has 1 N–H and O–H groups in total. The molecule has 0 saturated heterocycles. The van der Waals surface area contributed by atoms with Gasteiger partial charge in [0, 0.05) is 12.6 Å². The molecule has 1 aliphatic rings. The summed E-state index contributed by atoms with van der Waals surface area (Å²) in [6.45, 7) is 1.09. The molecular weight excluding hydrogens is 222 g/mol. The van der Waals surface area contributed by atoms with E-state index in [2.05, 4.69) is 40.1 Å². The Labute approximate surface area is 108 Å². The van der Waals surface area contributed by atoms with E-state index in [1.807, 2.05) is 12.4 Å². The zero-order valence-corrected chi connectivity index (χ0v) is 11.0. The van der Waals surface area contributed by atoms with E-state index in [0.29, 0.717) is 0 Å². The molecule has 0 aliphatic heterocycles. The maximum atomic E-state index is 4.45. The van der Waals surface area contributed by atoms with E-state index in [1.165, 1.54) is 31.2 Å². The maximum absolute atomic E-state index is 4.45. The topological polar surface area (TPSA) is 29.9 Å². The van der Waals surface area contributed by atoms with Gasteiger partial charge in [0.1, 0.15) is 0 Å². The fraction of sp³-hybridized carbons (Fsp3) is 0.533. The van der Waals surface area contributed by atoms with Crippen molar-refractivity contribution < 1.29 is 0 Å². The number of nitrogens with one attached hydrogen (secondary N) is 1. The Morgan fingerprint density at radius 3 is 3.11 bits per heavy atom. The second kappa shape index (κ2) is 5.11. The Bertz CT molecular complexity index is 517. The first-order valence-corrected chi connectivity index (χ1v) is 6.95. The lowest BCUT2D eigenvalue weighted by Crippen LogP contribution is -2.29. The SMILES string of the molecule is CNC1CCCC1CCn1cnc2ccccc21. The van der Waals surface area contributed by atoms with E-state index in [-0.39, 0.29) is 0 Å². The molecule has 0 spiro atoms. The summed E-state index contributed by atoms with van der Waals surface area (Å²) in [5.74, 6) is 0.830. The molecule has 1 saturated carbocycles. The van der Waals surface area contributed by atoms with Crippen LogP contribution < -0.4 is 5.32 Å². The third-order valence-corrected chi connectivity index (χ3v) is 4.30. The van der Waals surface area contributed by atoms with Crippen molar-refractivity contribution in [2.24, 2.45) is 5.92 Å². The van der Waals surface area contributed by atoms with Crippen LogP contribution in [0.15, 0.2) is 30.6 Å². The van der Waals surface area contributed by atoms with Gasteiger partial charge in [0.25, 0.3) is 0 Å². The van der Waals surface area contributed by atoms with E-state index >= 15 is 0 Å². The summed E-state index contributed by atoms with van der Waals surface area (Å²) >= 11 is 0. The van der Waals surface area contributed by atoms with Gasteiger partial charge in [-0.05, 0) is 44.4 Å². The minimum Gasteiger partial charge on any atom is -0.331 e.